The fraction of sp³-hybridized carbons (Fsp3) is 0.800. The molecule has 72 valence electrons. The lowest BCUT2D eigenvalue weighted by atomic mass is 10.2. The third-order valence-electron chi connectivity index (χ3n) is 1.16. The maximum Gasteiger partial charge on any atom is 0.416 e. The van der Waals surface area contributed by atoms with E-state index in [1.54, 1.807) is 0 Å². The molecule has 4 nitrogen and oxygen atoms in total. The first-order valence-electron chi connectivity index (χ1n) is 2.99. The van der Waals surface area contributed by atoms with Crippen molar-refractivity contribution in [1.82, 2.24) is 5.32 Å². The van der Waals surface area contributed by atoms with Crippen molar-refractivity contribution in [2.24, 2.45) is 0 Å². The number of halogens is 3. The fourth-order valence-corrected chi connectivity index (χ4v) is 0.557. The van der Waals surface area contributed by atoms with Gasteiger partial charge in [0, 0.05) is 0 Å². The zero-order valence-corrected chi connectivity index (χ0v) is 6.09. The number of hydrogen-bond donors (Lipinski definition) is 3. The van der Waals surface area contributed by atoms with Gasteiger partial charge in [-0.2, -0.15) is 13.2 Å². The molecule has 0 aliphatic carbocycles. The van der Waals surface area contributed by atoms with E-state index in [9.17, 15) is 18.0 Å². The summed E-state index contributed by atoms with van der Waals surface area (Å²) in [6.45, 7) is 0.923. The van der Waals surface area contributed by atoms with Gasteiger partial charge in [-0.05, 0) is 6.92 Å². The summed E-state index contributed by atoms with van der Waals surface area (Å²) in [4.78, 5) is 9.85. The molecule has 0 bridgehead atoms. The first-order valence-corrected chi connectivity index (χ1v) is 2.99. The van der Waals surface area contributed by atoms with Crippen LogP contribution in [0.5, 0.6) is 0 Å². The molecule has 3 N–H and O–H groups in total. The van der Waals surface area contributed by atoms with Gasteiger partial charge in [0.05, 0.1) is 6.04 Å². The lowest BCUT2D eigenvalue weighted by molar-refractivity contribution is -0.210. The molecule has 0 heterocycles. The highest BCUT2D eigenvalue weighted by molar-refractivity contribution is 5.64. The zero-order chi connectivity index (χ0) is 9.94. The molecule has 0 aromatic carbocycles. The quantitative estimate of drug-likeness (QED) is 0.591. The number of hydrogen-bond acceptors (Lipinski definition) is 2. The third kappa shape index (κ3) is 3.42. The van der Waals surface area contributed by atoms with Gasteiger partial charge in [-0.3, -0.25) is 0 Å². The van der Waals surface area contributed by atoms with Gasteiger partial charge < -0.3 is 15.5 Å². The number of amides is 1. The van der Waals surface area contributed by atoms with E-state index in [4.69, 9.17) is 10.2 Å². The van der Waals surface area contributed by atoms with Crippen molar-refractivity contribution in [2.75, 3.05) is 0 Å². The number of alkyl halides is 3. The molecular weight excluding hydrogens is 179 g/mol. The van der Waals surface area contributed by atoms with Crippen molar-refractivity contribution in [3.8, 4) is 0 Å². The third-order valence-corrected chi connectivity index (χ3v) is 1.16. The number of aliphatic hydroxyl groups is 1. The standard InChI is InChI=1S/C5H8F3NO3/c1-2(9-4(11)12)3(10)5(6,7)8/h2-3,9-10H,1H3,(H,11,12)/t2-,3?/m0/s1. The van der Waals surface area contributed by atoms with E-state index in [0.717, 1.165) is 6.92 Å². The molecule has 0 spiro atoms. The Labute approximate surface area is 66.0 Å². The van der Waals surface area contributed by atoms with Crippen LogP contribution in [-0.2, 0) is 0 Å². The molecule has 7 heteroatoms. The second-order valence-corrected chi connectivity index (χ2v) is 2.22. The van der Waals surface area contributed by atoms with Crippen LogP contribution >= 0.6 is 0 Å². The molecule has 0 aliphatic rings. The van der Waals surface area contributed by atoms with Crippen LogP contribution in [-0.4, -0.2) is 34.6 Å². The zero-order valence-electron chi connectivity index (χ0n) is 6.09. The molecule has 0 radical (unpaired) electrons. The van der Waals surface area contributed by atoms with E-state index < -0.39 is 24.4 Å². The molecule has 1 amide bonds. The van der Waals surface area contributed by atoms with Crippen molar-refractivity contribution in [3.63, 3.8) is 0 Å². The van der Waals surface area contributed by atoms with Crippen LogP contribution < -0.4 is 5.32 Å². The SMILES string of the molecule is C[C@H](NC(=O)O)C(O)C(F)(F)F. The maximum atomic E-state index is 11.7. The second-order valence-electron chi connectivity index (χ2n) is 2.22. The molecule has 0 fully saturated rings. The molecule has 0 rings (SSSR count). The fourth-order valence-electron chi connectivity index (χ4n) is 0.557. The summed E-state index contributed by atoms with van der Waals surface area (Å²) < 4.78 is 35.0. The predicted octanol–water partition coefficient (Wildman–Crippen LogP) is 0.566. The lowest BCUT2D eigenvalue weighted by Gasteiger charge is -2.20. The maximum absolute atomic E-state index is 11.7. The summed E-state index contributed by atoms with van der Waals surface area (Å²) >= 11 is 0. The monoisotopic (exact) mass is 187 g/mol. The largest absolute Gasteiger partial charge is 0.465 e. The molecule has 0 saturated heterocycles. The highest BCUT2D eigenvalue weighted by Gasteiger charge is 2.42. The minimum atomic E-state index is -4.80. The minimum Gasteiger partial charge on any atom is -0.465 e. The Morgan fingerprint density at radius 1 is 1.50 bits per heavy atom. The lowest BCUT2D eigenvalue weighted by Crippen LogP contribution is -2.47. The number of carboxylic acid groups (broad SMARTS) is 1. The summed E-state index contributed by atoms with van der Waals surface area (Å²) in [7, 11) is 0. The molecule has 0 aromatic rings. The molecule has 0 saturated carbocycles. The van der Waals surface area contributed by atoms with E-state index in [1.807, 2.05) is 0 Å². The molecule has 2 atom stereocenters. The summed E-state index contributed by atoms with van der Waals surface area (Å²) in [5.41, 5.74) is 0. The highest BCUT2D eigenvalue weighted by Crippen LogP contribution is 2.22. The Hall–Kier alpha value is -0.980. The number of rotatable bonds is 2. The van der Waals surface area contributed by atoms with Crippen LogP contribution in [0.25, 0.3) is 0 Å². The van der Waals surface area contributed by atoms with E-state index >= 15 is 0 Å². The summed E-state index contributed by atoms with van der Waals surface area (Å²) in [5.74, 6) is 0. The van der Waals surface area contributed by atoms with Crippen LogP contribution in [0.3, 0.4) is 0 Å². The smallest absolute Gasteiger partial charge is 0.416 e. The number of nitrogens with one attached hydrogen (secondary N) is 1. The summed E-state index contributed by atoms with van der Waals surface area (Å²) in [6, 6.07) is -1.57. The highest BCUT2D eigenvalue weighted by atomic mass is 19.4. The van der Waals surface area contributed by atoms with Crippen molar-refractivity contribution in [3.05, 3.63) is 0 Å². The van der Waals surface area contributed by atoms with Crippen LogP contribution in [0.4, 0.5) is 18.0 Å². The Morgan fingerprint density at radius 3 is 2.17 bits per heavy atom. The molecule has 1 unspecified atom stereocenters. The van der Waals surface area contributed by atoms with Gasteiger partial charge >= 0.3 is 12.3 Å². The van der Waals surface area contributed by atoms with Crippen molar-refractivity contribution in [2.45, 2.75) is 25.2 Å². The predicted molar refractivity (Wildman–Crippen MR) is 32.7 cm³/mol. The van der Waals surface area contributed by atoms with Crippen molar-refractivity contribution in [1.29, 1.82) is 0 Å². The Morgan fingerprint density at radius 2 is 1.92 bits per heavy atom. The van der Waals surface area contributed by atoms with Gasteiger partial charge in [0.1, 0.15) is 0 Å². The Bertz CT molecular complexity index is 170. The summed E-state index contributed by atoms with van der Waals surface area (Å²) in [6.07, 6.45) is -9.08. The minimum absolute atomic E-state index is 0.923. The summed E-state index contributed by atoms with van der Waals surface area (Å²) in [5, 5.41) is 18.0. The first-order chi connectivity index (χ1) is 5.25. The van der Waals surface area contributed by atoms with Gasteiger partial charge in [0.2, 0.25) is 0 Å². The van der Waals surface area contributed by atoms with Crippen LogP contribution in [0.15, 0.2) is 0 Å². The van der Waals surface area contributed by atoms with Gasteiger partial charge in [-0.15, -0.1) is 0 Å². The number of carbonyl (C=O) groups is 1. The normalized spacial score (nSPS) is 16.8. The molecule has 0 aromatic heterocycles. The van der Waals surface area contributed by atoms with Gasteiger partial charge in [0.15, 0.2) is 6.10 Å². The molecular formula is C5H8F3NO3. The van der Waals surface area contributed by atoms with Crippen LogP contribution in [0, 0.1) is 0 Å². The van der Waals surface area contributed by atoms with E-state index in [2.05, 4.69) is 0 Å². The van der Waals surface area contributed by atoms with E-state index in [0.29, 0.717) is 0 Å². The number of aliphatic hydroxyl groups excluding tert-OH is 1. The van der Waals surface area contributed by atoms with Crippen LogP contribution in [0.1, 0.15) is 6.92 Å². The molecule has 12 heavy (non-hydrogen) atoms. The Balaban J connectivity index is 4.10. The van der Waals surface area contributed by atoms with E-state index in [-0.39, 0.29) is 0 Å². The first kappa shape index (κ1) is 11.0. The average molecular weight is 187 g/mol. The second kappa shape index (κ2) is 3.61. The van der Waals surface area contributed by atoms with E-state index in [1.165, 1.54) is 5.32 Å². The Kier molecular flexibility index (Phi) is 3.32. The topological polar surface area (TPSA) is 69.6 Å². The van der Waals surface area contributed by atoms with Gasteiger partial charge in [-0.25, -0.2) is 4.79 Å². The molecule has 0 aliphatic heterocycles. The van der Waals surface area contributed by atoms with Crippen molar-refractivity contribution < 1.29 is 28.2 Å². The van der Waals surface area contributed by atoms with Crippen molar-refractivity contribution >= 4 is 6.09 Å². The van der Waals surface area contributed by atoms with Gasteiger partial charge in [-0.1, -0.05) is 0 Å². The van der Waals surface area contributed by atoms with Crippen LogP contribution in [0.2, 0.25) is 0 Å². The van der Waals surface area contributed by atoms with Gasteiger partial charge in [0.25, 0.3) is 0 Å². The average Bonchev–Trinajstić information content (AvgIpc) is 1.82.